The van der Waals surface area contributed by atoms with Gasteiger partial charge in [-0.1, -0.05) is 17.7 Å². The summed E-state index contributed by atoms with van der Waals surface area (Å²) in [5.41, 5.74) is 4.62. The van der Waals surface area contributed by atoms with E-state index in [9.17, 15) is 13.2 Å². The van der Waals surface area contributed by atoms with E-state index in [1.807, 2.05) is 6.92 Å². The molecule has 5 rings (SSSR count). The third kappa shape index (κ3) is 7.53. The van der Waals surface area contributed by atoms with E-state index >= 15 is 0 Å². The number of carbonyl (C=O) groups is 1. The van der Waals surface area contributed by atoms with Gasteiger partial charge in [0.2, 0.25) is 0 Å². The summed E-state index contributed by atoms with van der Waals surface area (Å²) in [6.45, 7) is 10.1. The number of sulfone groups is 1. The monoisotopic (exact) mass is 660 g/mol. The molecule has 12 heteroatoms. The molecule has 0 aliphatic carbocycles. The minimum atomic E-state index is -3.38. The Kier molecular flexibility index (Phi) is 10.6. The minimum absolute atomic E-state index is 0.00468. The number of pyridine rings is 2. The number of ether oxygens (including phenoxy) is 2. The van der Waals surface area contributed by atoms with Crippen molar-refractivity contribution >= 4 is 47.5 Å². The number of Topliss-reactive ketones (excluding diaryl/α,β-unsaturated/α-hetero) is 1. The summed E-state index contributed by atoms with van der Waals surface area (Å²) >= 11 is 6.70. The smallest absolute Gasteiger partial charge is 0.316 e. The fourth-order valence-corrected chi connectivity index (χ4v) is 5.26. The highest BCUT2D eigenvalue weighted by Crippen LogP contribution is 2.30. The molecule has 2 aliphatic rings. The van der Waals surface area contributed by atoms with Crippen LogP contribution in [0, 0.1) is 24.8 Å². The maximum Gasteiger partial charge on any atom is 0.316 e. The SMILES string of the molecule is N#CC1COCc2c(Br)cncc21.O=C1COCc2c(Br)cncc21.[C-]#[N+]CS(=O)(=O)c1ccc(C)cc1. The van der Waals surface area contributed by atoms with E-state index in [4.69, 9.17) is 21.3 Å². The number of carbonyl (C=O) groups excluding carboxylic acids is 1. The molecule has 1 aromatic carbocycles. The predicted octanol–water partition coefficient (Wildman–Crippen LogP) is 5.18. The first-order valence-corrected chi connectivity index (χ1v) is 14.4. The van der Waals surface area contributed by atoms with Gasteiger partial charge in [0.05, 0.1) is 36.7 Å². The van der Waals surface area contributed by atoms with Gasteiger partial charge < -0.3 is 9.47 Å². The number of rotatable bonds is 2. The van der Waals surface area contributed by atoms with Gasteiger partial charge in [0, 0.05) is 44.9 Å². The van der Waals surface area contributed by atoms with Crippen molar-refractivity contribution in [3.63, 3.8) is 0 Å². The van der Waals surface area contributed by atoms with Crippen LogP contribution in [-0.4, -0.2) is 43.3 Å². The normalized spacial score (nSPS) is 15.7. The fourth-order valence-electron chi connectivity index (χ4n) is 3.48. The molecule has 9 nitrogen and oxygen atoms in total. The third-order valence-corrected chi connectivity index (χ3v) is 8.33. The Balaban J connectivity index is 0.000000158. The maximum absolute atomic E-state index is 11.3. The second kappa shape index (κ2) is 13.7. The van der Waals surface area contributed by atoms with Crippen LogP contribution in [0.3, 0.4) is 0 Å². The molecule has 1 atom stereocenters. The van der Waals surface area contributed by atoms with Crippen LogP contribution in [0.5, 0.6) is 0 Å². The first kappa shape index (κ1) is 29.6. The number of hydrogen-bond donors (Lipinski definition) is 0. The lowest BCUT2D eigenvalue weighted by molar-refractivity contribution is 0.0663. The molecule has 3 aromatic rings. The largest absolute Gasteiger partial charge is 0.375 e. The van der Waals surface area contributed by atoms with E-state index in [0.717, 1.165) is 31.2 Å². The maximum atomic E-state index is 11.3. The molecule has 0 spiro atoms. The topological polar surface area (TPSA) is 124 Å². The highest BCUT2D eigenvalue weighted by atomic mass is 79.9. The number of aryl methyl sites for hydroxylation is 1. The first-order valence-electron chi connectivity index (χ1n) is 11.1. The summed E-state index contributed by atoms with van der Waals surface area (Å²) < 4.78 is 34.8. The molecule has 0 saturated heterocycles. The van der Waals surface area contributed by atoms with Crippen LogP contribution in [0.25, 0.3) is 4.85 Å². The summed E-state index contributed by atoms with van der Waals surface area (Å²) in [7, 11) is -3.38. The highest BCUT2D eigenvalue weighted by Gasteiger charge is 2.22. The van der Waals surface area contributed by atoms with Crippen molar-refractivity contribution in [2.45, 2.75) is 31.0 Å². The average molecular weight is 662 g/mol. The number of fused-ring (bicyclic) bond motifs is 2. The van der Waals surface area contributed by atoms with Crippen LogP contribution in [0.1, 0.15) is 38.5 Å². The van der Waals surface area contributed by atoms with Crippen LogP contribution < -0.4 is 0 Å². The molecule has 196 valence electrons. The second-order valence-corrected chi connectivity index (χ2v) is 11.8. The Bertz CT molecular complexity index is 1500. The number of nitriles is 1. The second-order valence-electron chi connectivity index (χ2n) is 8.16. The zero-order valence-corrected chi connectivity index (χ0v) is 24.2. The lowest BCUT2D eigenvalue weighted by atomic mass is 9.96. The number of hydrogen-bond acceptors (Lipinski definition) is 8. The summed E-state index contributed by atoms with van der Waals surface area (Å²) in [6.07, 6.45) is 6.73. The molecular formula is C26H22Br2N4O5S. The number of halogens is 2. The summed E-state index contributed by atoms with van der Waals surface area (Å²) in [4.78, 5) is 22.3. The number of aromatic nitrogens is 2. The first-order chi connectivity index (χ1) is 18.2. The van der Waals surface area contributed by atoms with Crippen LogP contribution in [0.2, 0.25) is 0 Å². The molecular weight excluding hydrogens is 640 g/mol. The summed E-state index contributed by atoms with van der Waals surface area (Å²) in [6, 6.07) is 8.69. The Labute approximate surface area is 237 Å². The van der Waals surface area contributed by atoms with E-state index in [1.54, 1.807) is 36.9 Å². The molecule has 0 fully saturated rings. The van der Waals surface area contributed by atoms with Gasteiger partial charge in [-0.2, -0.15) is 5.26 Å². The Morgan fingerprint density at radius 1 is 1.03 bits per heavy atom. The molecule has 0 amide bonds. The number of nitrogens with zero attached hydrogens (tertiary/aromatic N) is 4. The highest BCUT2D eigenvalue weighted by molar-refractivity contribution is 9.10. The molecule has 0 bridgehead atoms. The fraction of sp³-hybridized carbons (Fsp3) is 0.269. The van der Waals surface area contributed by atoms with Gasteiger partial charge in [-0.3, -0.25) is 19.6 Å². The van der Waals surface area contributed by atoms with Crippen molar-refractivity contribution < 1.29 is 22.7 Å². The van der Waals surface area contributed by atoms with Gasteiger partial charge >= 0.3 is 5.88 Å². The van der Waals surface area contributed by atoms with Crippen LogP contribution >= 0.6 is 31.9 Å². The predicted molar refractivity (Wildman–Crippen MR) is 146 cm³/mol. The van der Waals surface area contributed by atoms with Crippen molar-refractivity contribution in [3.8, 4) is 6.07 Å². The molecule has 4 heterocycles. The summed E-state index contributed by atoms with van der Waals surface area (Å²) in [5, 5.41) is 8.86. The van der Waals surface area contributed by atoms with Crippen molar-refractivity contribution in [2.24, 2.45) is 0 Å². The van der Waals surface area contributed by atoms with Crippen LogP contribution in [0.15, 0.2) is 62.9 Å². The van der Waals surface area contributed by atoms with Crippen molar-refractivity contribution in [2.75, 3.05) is 19.1 Å². The van der Waals surface area contributed by atoms with Crippen LogP contribution in [-0.2, 0) is 32.5 Å². The van der Waals surface area contributed by atoms with E-state index in [2.05, 4.69) is 52.7 Å². The molecule has 0 N–H and O–H groups in total. The minimum Gasteiger partial charge on any atom is -0.375 e. The quantitative estimate of drug-likeness (QED) is 0.344. The van der Waals surface area contributed by atoms with E-state index in [0.29, 0.717) is 25.4 Å². The van der Waals surface area contributed by atoms with Crippen molar-refractivity contribution in [1.29, 1.82) is 5.26 Å². The molecule has 38 heavy (non-hydrogen) atoms. The van der Waals surface area contributed by atoms with E-state index in [1.165, 1.54) is 12.1 Å². The van der Waals surface area contributed by atoms with Gasteiger partial charge in [0.25, 0.3) is 9.84 Å². The third-order valence-electron chi connectivity index (χ3n) is 5.50. The molecule has 0 saturated carbocycles. The average Bonchev–Trinajstić information content (AvgIpc) is 2.90. The molecule has 2 aliphatic heterocycles. The molecule has 0 radical (unpaired) electrons. The van der Waals surface area contributed by atoms with E-state index < -0.39 is 15.7 Å². The lowest BCUT2D eigenvalue weighted by Gasteiger charge is -2.20. The Hall–Kier alpha value is -3.00. The standard InChI is InChI=1S/C9H7BrN2O.C9H9NO2S.C8H6BrNO2/c10-9-3-12-2-7-6(1-11)4-13-5-8(7)9;1-8-3-5-9(6-4-8)13(11,12)7-10-2;9-7-2-10-1-5-6(7)3-12-4-8(5)11/h2-3,6H,4-5H2;3-6H,7H2,1H3;1-2H,3-4H2. The summed E-state index contributed by atoms with van der Waals surface area (Å²) in [5.74, 6) is -0.644. The van der Waals surface area contributed by atoms with Crippen molar-refractivity contribution in [1.82, 2.24) is 9.97 Å². The lowest BCUT2D eigenvalue weighted by Crippen LogP contribution is -2.18. The molecule has 1 unspecified atom stereocenters. The van der Waals surface area contributed by atoms with Gasteiger partial charge in [0.1, 0.15) is 6.61 Å². The Morgan fingerprint density at radius 3 is 2.29 bits per heavy atom. The van der Waals surface area contributed by atoms with Gasteiger partial charge in [0.15, 0.2) is 5.78 Å². The van der Waals surface area contributed by atoms with Crippen LogP contribution in [0.4, 0.5) is 0 Å². The zero-order chi connectivity index (χ0) is 27.7. The Morgan fingerprint density at radius 2 is 1.66 bits per heavy atom. The zero-order valence-electron chi connectivity index (χ0n) is 20.2. The number of benzene rings is 1. The van der Waals surface area contributed by atoms with Crippen molar-refractivity contribution in [3.05, 3.63) is 97.2 Å². The number of ketones is 1. The van der Waals surface area contributed by atoms with Gasteiger partial charge in [-0.05, 0) is 62.0 Å². The van der Waals surface area contributed by atoms with Gasteiger partial charge in [-0.15, -0.1) is 0 Å². The molecule has 2 aromatic heterocycles. The van der Waals surface area contributed by atoms with E-state index in [-0.39, 0.29) is 23.2 Å². The van der Waals surface area contributed by atoms with Gasteiger partial charge in [-0.25, -0.2) is 15.0 Å².